The normalized spacial score (nSPS) is 10.5. The third-order valence-electron chi connectivity index (χ3n) is 3.31. The minimum atomic E-state index is -0.457. The number of ether oxygens (including phenoxy) is 2. The van der Waals surface area contributed by atoms with E-state index in [-0.39, 0.29) is 12.4 Å². The van der Waals surface area contributed by atoms with Gasteiger partial charge in [-0.2, -0.15) is 0 Å². The van der Waals surface area contributed by atoms with E-state index in [9.17, 15) is 9.18 Å². The maximum absolute atomic E-state index is 13.8. The number of benzene rings is 2. The van der Waals surface area contributed by atoms with E-state index in [1.165, 1.54) is 30.0 Å². The second-order valence-electron chi connectivity index (χ2n) is 4.85. The zero-order valence-electron chi connectivity index (χ0n) is 12.6. The van der Waals surface area contributed by atoms with E-state index in [0.717, 1.165) is 0 Å². The lowest BCUT2D eigenvalue weighted by molar-refractivity contribution is -0.120. The monoisotopic (exact) mass is 346 g/mol. The summed E-state index contributed by atoms with van der Waals surface area (Å²) in [5.41, 5.74) is 1.67. The molecule has 0 N–H and O–H groups in total. The van der Waals surface area contributed by atoms with Crippen LogP contribution in [0.15, 0.2) is 48.5 Å². The van der Waals surface area contributed by atoms with E-state index < -0.39 is 5.82 Å². The van der Waals surface area contributed by atoms with Crippen LogP contribution in [0.25, 0.3) is 16.9 Å². The van der Waals surface area contributed by atoms with E-state index in [2.05, 4.69) is 5.10 Å². The summed E-state index contributed by atoms with van der Waals surface area (Å²) < 4.78 is 25.3. The molecule has 1 heterocycles. The molecule has 0 aliphatic heterocycles. The Hall–Kier alpha value is -2.86. The molecule has 0 saturated heterocycles. The van der Waals surface area contributed by atoms with Crippen LogP contribution in [0.3, 0.4) is 0 Å². The highest BCUT2D eigenvalue weighted by Gasteiger charge is 2.15. The maximum atomic E-state index is 13.8. The third-order valence-corrected chi connectivity index (χ3v) is 3.55. The number of hydrogen-bond acceptors (Lipinski definition) is 4. The molecule has 3 aromatic rings. The van der Waals surface area contributed by atoms with Crippen molar-refractivity contribution in [1.82, 2.24) is 9.78 Å². The SMILES string of the molecule is COc1cc(F)cc(-c2cc(OC=O)nn2-c2cccc(Cl)c2)c1. The van der Waals surface area contributed by atoms with E-state index in [4.69, 9.17) is 21.1 Å². The molecular weight excluding hydrogens is 335 g/mol. The van der Waals surface area contributed by atoms with Gasteiger partial charge in [0.1, 0.15) is 11.6 Å². The molecule has 5 nitrogen and oxygen atoms in total. The Morgan fingerprint density at radius 3 is 2.75 bits per heavy atom. The first-order valence-corrected chi connectivity index (χ1v) is 7.30. The molecule has 0 saturated carbocycles. The minimum absolute atomic E-state index is 0.0863. The summed E-state index contributed by atoms with van der Waals surface area (Å²) in [5, 5.41) is 4.73. The summed E-state index contributed by atoms with van der Waals surface area (Å²) in [6.07, 6.45) is 0. The number of carbonyl (C=O) groups is 1. The third kappa shape index (κ3) is 3.23. The van der Waals surface area contributed by atoms with E-state index in [1.807, 2.05) is 0 Å². The number of methoxy groups -OCH3 is 1. The van der Waals surface area contributed by atoms with Gasteiger partial charge in [-0.3, -0.25) is 4.79 Å². The predicted octanol–water partition coefficient (Wildman–Crippen LogP) is 3.88. The predicted molar refractivity (Wildman–Crippen MR) is 87.2 cm³/mol. The second kappa shape index (κ2) is 6.72. The molecule has 3 rings (SSSR count). The van der Waals surface area contributed by atoms with Crippen molar-refractivity contribution in [3.05, 3.63) is 59.4 Å². The largest absolute Gasteiger partial charge is 0.497 e. The lowest BCUT2D eigenvalue weighted by atomic mass is 10.1. The average molecular weight is 347 g/mol. The lowest BCUT2D eigenvalue weighted by Crippen LogP contribution is -2.00. The first-order chi connectivity index (χ1) is 11.6. The van der Waals surface area contributed by atoms with Gasteiger partial charge < -0.3 is 9.47 Å². The fourth-order valence-corrected chi connectivity index (χ4v) is 2.49. The Morgan fingerprint density at radius 2 is 2.04 bits per heavy atom. The van der Waals surface area contributed by atoms with Crippen molar-refractivity contribution in [2.45, 2.75) is 0 Å². The number of rotatable bonds is 5. The summed E-state index contributed by atoms with van der Waals surface area (Å²) in [4.78, 5) is 10.6. The molecule has 24 heavy (non-hydrogen) atoms. The molecule has 0 bridgehead atoms. The minimum Gasteiger partial charge on any atom is -0.497 e. The highest BCUT2D eigenvalue weighted by molar-refractivity contribution is 6.30. The molecule has 0 radical (unpaired) electrons. The van der Waals surface area contributed by atoms with Gasteiger partial charge in [0.05, 0.1) is 18.5 Å². The molecule has 0 atom stereocenters. The van der Waals surface area contributed by atoms with E-state index in [1.54, 1.807) is 30.3 Å². The Morgan fingerprint density at radius 1 is 1.21 bits per heavy atom. The molecule has 0 aliphatic carbocycles. The van der Waals surface area contributed by atoms with Crippen LogP contribution in [0.4, 0.5) is 4.39 Å². The van der Waals surface area contributed by atoms with Gasteiger partial charge in [-0.25, -0.2) is 9.07 Å². The second-order valence-corrected chi connectivity index (χ2v) is 5.29. The van der Waals surface area contributed by atoms with Crippen LogP contribution in [0.1, 0.15) is 0 Å². The van der Waals surface area contributed by atoms with Gasteiger partial charge in [0.2, 0.25) is 5.88 Å². The highest BCUT2D eigenvalue weighted by Crippen LogP contribution is 2.30. The van der Waals surface area contributed by atoms with Crippen molar-refractivity contribution in [3.8, 4) is 28.6 Å². The Bertz CT molecular complexity index is 895. The summed E-state index contributed by atoms with van der Waals surface area (Å²) in [6.45, 7) is 0.278. The molecule has 0 spiro atoms. The maximum Gasteiger partial charge on any atom is 0.299 e. The van der Waals surface area contributed by atoms with Crippen molar-refractivity contribution >= 4 is 18.1 Å². The molecule has 1 aromatic heterocycles. The standard InChI is InChI=1S/C17H12ClFN2O3/c1-23-15-6-11(5-13(19)8-15)16-9-17(24-10-22)20-21(16)14-4-2-3-12(18)7-14/h2-10H,1H3. The summed E-state index contributed by atoms with van der Waals surface area (Å²) in [5.74, 6) is -0.00838. The zero-order chi connectivity index (χ0) is 17.1. The van der Waals surface area contributed by atoms with Gasteiger partial charge in [-0.1, -0.05) is 17.7 Å². The van der Waals surface area contributed by atoms with Crippen molar-refractivity contribution in [1.29, 1.82) is 0 Å². The number of nitrogens with zero attached hydrogens (tertiary/aromatic N) is 2. The number of aromatic nitrogens is 2. The first kappa shape index (κ1) is 16.0. The number of hydrogen-bond donors (Lipinski definition) is 0. The summed E-state index contributed by atoms with van der Waals surface area (Å²) in [7, 11) is 1.45. The average Bonchev–Trinajstić information content (AvgIpc) is 2.98. The van der Waals surface area contributed by atoms with Crippen molar-refractivity contribution in [3.63, 3.8) is 0 Å². The lowest BCUT2D eigenvalue weighted by Gasteiger charge is -2.09. The summed E-state index contributed by atoms with van der Waals surface area (Å²) >= 11 is 6.03. The molecule has 122 valence electrons. The van der Waals surface area contributed by atoms with E-state index >= 15 is 0 Å². The van der Waals surface area contributed by atoms with Crippen molar-refractivity contribution < 1.29 is 18.7 Å². The van der Waals surface area contributed by atoms with Crippen LogP contribution in [0, 0.1) is 5.82 Å². The summed E-state index contributed by atoms with van der Waals surface area (Å²) in [6, 6.07) is 12.8. The fraction of sp³-hybridized carbons (Fsp3) is 0.0588. The molecule has 7 heteroatoms. The van der Waals surface area contributed by atoms with Gasteiger partial charge in [-0.15, -0.1) is 5.10 Å². The van der Waals surface area contributed by atoms with E-state index in [0.29, 0.717) is 27.7 Å². The molecular formula is C17H12ClFN2O3. The van der Waals surface area contributed by atoms with Crippen LogP contribution in [0.5, 0.6) is 11.6 Å². The van der Waals surface area contributed by atoms with Crippen molar-refractivity contribution in [2.75, 3.05) is 7.11 Å². The molecule has 0 amide bonds. The van der Waals surface area contributed by atoms with Crippen molar-refractivity contribution in [2.24, 2.45) is 0 Å². The first-order valence-electron chi connectivity index (χ1n) is 6.92. The Balaban J connectivity index is 2.19. The molecule has 2 aromatic carbocycles. The van der Waals surface area contributed by atoms with Gasteiger partial charge in [0.15, 0.2) is 0 Å². The quantitative estimate of drug-likeness (QED) is 0.658. The van der Waals surface area contributed by atoms with Crippen LogP contribution in [0.2, 0.25) is 5.02 Å². The molecule has 0 unspecified atom stereocenters. The Kier molecular flexibility index (Phi) is 4.48. The fourth-order valence-electron chi connectivity index (χ4n) is 2.31. The van der Waals surface area contributed by atoms with Gasteiger partial charge in [-0.05, 0) is 30.3 Å². The van der Waals surface area contributed by atoms with Gasteiger partial charge in [0.25, 0.3) is 6.47 Å². The van der Waals surface area contributed by atoms with Gasteiger partial charge >= 0.3 is 0 Å². The topological polar surface area (TPSA) is 53.4 Å². The van der Waals surface area contributed by atoms with Crippen LogP contribution < -0.4 is 9.47 Å². The Labute approximate surface area is 142 Å². The van der Waals surface area contributed by atoms with Crippen LogP contribution in [-0.4, -0.2) is 23.4 Å². The highest BCUT2D eigenvalue weighted by atomic mass is 35.5. The van der Waals surface area contributed by atoms with Gasteiger partial charge in [0, 0.05) is 22.7 Å². The molecule has 0 aliphatic rings. The zero-order valence-corrected chi connectivity index (χ0v) is 13.3. The molecule has 0 fully saturated rings. The smallest absolute Gasteiger partial charge is 0.299 e. The van der Waals surface area contributed by atoms with Crippen LogP contribution in [-0.2, 0) is 4.79 Å². The number of halogens is 2. The number of carbonyl (C=O) groups excluding carboxylic acids is 1. The van der Waals surface area contributed by atoms with Crippen LogP contribution >= 0.6 is 11.6 Å².